The van der Waals surface area contributed by atoms with Gasteiger partial charge in [0.2, 0.25) is 0 Å². The highest BCUT2D eigenvalue weighted by Crippen LogP contribution is 2.44. The van der Waals surface area contributed by atoms with Crippen LogP contribution in [-0.4, -0.2) is 27.9 Å². The summed E-state index contributed by atoms with van der Waals surface area (Å²) in [6.07, 6.45) is 13.1. The van der Waals surface area contributed by atoms with Crippen LogP contribution in [0.15, 0.2) is 72.7 Å². The average Bonchev–Trinajstić information content (AvgIpc) is 3.06. The Hall–Kier alpha value is -3.28. The van der Waals surface area contributed by atoms with Crippen molar-refractivity contribution in [1.29, 1.82) is 0 Å². The Kier molecular flexibility index (Phi) is 4.71. The third-order valence-corrected chi connectivity index (χ3v) is 7.31. The van der Waals surface area contributed by atoms with Gasteiger partial charge in [0.1, 0.15) is 12.3 Å². The molecule has 2 unspecified atom stereocenters. The van der Waals surface area contributed by atoms with Crippen molar-refractivity contribution in [2.75, 3.05) is 0 Å². The molecular weight excluding hydrogens is 408 g/mol. The average molecular weight is 439 g/mol. The van der Waals surface area contributed by atoms with Gasteiger partial charge < -0.3 is 26.4 Å². The number of nitrogens with zero attached hydrogens (tertiary/aromatic N) is 1. The van der Waals surface area contributed by atoms with Gasteiger partial charge in [0.25, 0.3) is 0 Å². The second-order valence-corrected chi connectivity index (χ2v) is 9.86. The van der Waals surface area contributed by atoms with E-state index in [1.54, 1.807) is 0 Å². The zero-order chi connectivity index (χ0) is 22.6. The SMILES string of the molecule is CC1(O)CC(C2NC(c3ccc4c(c3)=CCC(c3ccccc3)=CC=4)=C3C(N)NC=CN32)C1. The molecule has 168 valence electrons. The molecule has 0 bridgehead atoms. The predicted molar refractivity (Wildman–Crippen MR) is 133 cm³/mol. The predicted octanol–water partition coefficient (Wildman–Crippen LogP) is 2.15. The van der Waals surface area contributed by atoms with E-state index in [4.69, 9.17) is 5.73 Å². The van der Waals surface area contributed by atoms with Gasteiger partial charge in [-0.2, -0.15) is 0 Å². The van der Waals surface area contributed by atoms with Gasteiger partial charge in [0.05, 0.1) is 17.0 Å². The van der Waals surface area contributed by atoms with Crippen molar-refractivity contribution in [2.24, 2.45) is 11.7 Å². The van der Waals surface area contributed by atoms with Gasteiger partial charge in [0, 0.05) is 23.9 Å². The molecule has 2 aliphatic heterocycles. The molecular formula is C28H30N4O. The normalized spacial score (nSPS) is 30.0. The van der Waals surface area contributed by atoms with Crippen LogP contribution >= 0.6 is 0 Å². The van der Waals surface area contributed by atoms with Crippen molar-refractivity contribution in [3.63, 3.8) is 0 Å². The minimum absolute atomic E-state index is 0.111. The summed E-state index contributed by atoms with van der Waals surface area (Å²) in [5.41, 5.74) is 11.8. The maximum atomic E-state index is 10.3. The number of fused-ring (bicyclic) bond motifs is 2. The monoisotopic (exact) mass is 438 g/mol. The number of rotatable bonds is 3. The molecule has 0 radical (unpaired) electrons. The minimum Gasteiger partial charge on any atom is -0.390 e. The summed E-state index contributed by atoms with van der Waals surface area (Å²) in [7, 11) is 0. The fourth-order valence-corrected chi connectivity index (χ4v) is 5.64. The van der Waals surface area contributed by atoms with Crippen LogP contribution in [0.3, 0.4) is 0 Å². The molecule has 33 heavy (non-hydrogen) atoms. The highest BCUT2D eigenvalue weighted by Gasteiger charge is 2.48. The summed E-state index contributed by atoms with van der Waals surface area (Å²) in [5, 5.41) is 19.8. The first-order valence-electron chi connectivity index (χ1n) is 11.8. The molecule has 5 nitrogen and oxygen atoms in total. The lowest BCUT2D eigenvalue weighted by atomic mass is 9.70. The third-order valence-electron chi connectivity index (χ3n) is 7.31. The van der Waals surface area contributed by atoms with Gasteiger partial charge in [-0.1, -0.05) is 60.7 Å². The van der Waals surface area contributed by atoms with Gasteiger partial charge >= 0.3 is 0 Å². The van der Waals surface area contributed by atoms with Crippen LogP contribution in [0.4, 0.5) is 0 Å². The Morgan fingerprint density at radius 1 is 1.03 bits per heavy atom. The number of nitrogens with one attached hydrogen (secondary N) is 2. The van der Waals surface area contributed by atoms with E-state index in [2.05, 4.69) is 88.5 Å². The van der Waals surface area contributed by atoms with Crippen molar-refractivity contribution in [3.05, 3.63) is 94.3 Å². The number of allylic oxidation sites excluding steroid dienone is 2. The number of hydrogen-bond donors (Lipinski definition) is 4. The van der Waals surface area contributed by atoms with Gasteiger partial charge in [-0.3, -0.25) is 0 Å². The summed E-state index contributed by atoms with van der Waals surface area (Å²) in [6.45, 7) is 1.92. The van der Waals surface area contributed by atoms with Crippen molar-refractivity contribution < 1.29 is 5.11 Å². The largest absolute Gasteiger partial charge is 0.390 e. The highest BCUT2D eigenvalue weighted by molar-refractivity contribution is 5.77. The standard InChI is InChI=1S/C28H30N4O/c1-28(33)16-23(17-28)27-31-24(25-26(29)30-13-14-32(25)27)22-12-10-20-8-7-19(9-11-21(20)15-22)18-5-3-2-4-6-18/h2-8,10-15,23,26-27,30-31,33H,9,16-17,29H2,1H3. The Morgan fingerprint density at radius 3 is 2.64 bits per heavy atom. The van der Waals surface area contributed by atoms with Crippen LogP contribution in [0.1, 0.15) is 37.3 Å². The molecule has 1 fully saturated rings. The highest BCUT2D eigenvalue weighted by atomic mass is 16.3. The van der Waals surface area contributed by atoms with Crippen LogP contribution in [0.2, 0.25) is 0 Å². The van der Waals surface area contributed by atoms with E-state index in [9.17, 15) is 5.11 Å². The summed E-state index contributed by atoms with van der Waals surface area (Å²) < 4.78 is 0. The summed E-state index contributed by atoms with van der Waals surface area (Å²) in [6, 6.07) is 17.2. The van der Waals surface area contributed by atoms with Crippen molar-refractivity contribution in [3.8, 4) is 0 Å². The molecule has 5 N–H and O–H groups in total. The zero-order valence-corrected chi connectivity index (χ0v) is 18.8. The smallest absolute Gasteiger partial charge is 0.118 e. The van der Waals surface area contributed by atoms with Crippen molar-refractivity contribution in [2.45, 2.75) is 44.1 Å². The van der Waals surface area contributed by atoms with E-state index in [0.29, 0.717) is 5.92 Å². The molecule has 0 amide bonds. The lowest BCUT2D eigenvalue weighted by Gasteiger charge is -2.47. The van der Waals surface area contributed by atoms with E-state index >= 15 is 0 Å². The summed E-state index contributed by atoms with van der Waals surface area (Å²) >= 11 is 0. The second-order valence-electron chi connectivity index (χ2n) is 9.86. The molecule has 5 heteroatoms. The maximum absolute atomic E-state index is 10.3. The molecule has 0 spiro atoms. The van der Waals surface area contributed by atoms with Gasteiger partial charge in [-0.15, -0.1) is 0 Å². The first kappa shape index (κ1) is 20.3. The number of hydrogen-bond acceptors (Lipinski definition) is 5. The fraction of sp³-hybridized carbons (Fsp3) is 0.286. The first-order valence-corrected chi connectivity index (χ1v) is 11.8. The second kappa shape index (κ2) is 7.65. The lowest BCUT2D eigenvalue weighted by Crippen LogP contribution is -2.55. The van der Waals surface area contributed by atoms with Gasteiger partial charge in [-0.25, -0.2) is 0 Å². The number of nitrogens with two attached hydrogens (primary N) is 1. The van der Waals surface area contributed by atoms with E-state index < -0.39 is 5.60 Å². The Balaban J connectivity index is 1.35. The molecule has 6 rings (SSSR count). The van der Waals surface area contributed by atoms with E-state index in [1.807, 2.05) is 13.1 Å². The van der Waals surface area contributed by atoms with Crippen LogP contribution in [0.25, 0.3) is 23.4 Å². The van der Waals surface area contributed by atoms with Crippen LogP contribution in [0, 0.1) is 5.92 Å². The molecule has 2 aliphatic carbocycles. The van der Waals surface area contributed by atoms with E-state index in [-0.39, 0.29) is 12.3 Å². The summed E-state index contributed by atoms with van der Waals surface area (Å²) in [4.78, 5) is 2.26. The molecule has 1 saturated carbocycles. The fourth-order valence-electron chi connectivity index (χ4n) is 5.64. The van der Waals surface area contributed by atoms with Crippen molar-refractivity contribution in [1.82, 2.24) is 15.5 Å². The van der Waals surface area contributed by atoms with Crippen molar-refractivity contribution >= 4 is 23.4 Å². The number of aliphatic hydroxyl groups is 1. The molecule has 0 aromatic heterocycles. The molecule has 2 aromatic rings. The van der Waals surface area contributed by atoms with E-state index in [0.717, 1.165) is 36.2 Å². The third kappa shape index (κ3) is 3.58. The minimum atomic E-state index is -0.562. The molecule has 0 saturated heterocycles. The first-order chi connectivity index (χ1) is 16.0. The maximum Gasteiger partial charge on any atom is 0.118 e. The lowest BCUT2D eigenvalue weighted by molar-refractivity contribution is -0.0787. The molecule has 2 atom stereocenters. The van der Waals surface area contributed by atoms with Gasteiger partial charge in [-0.05, 0) is 53.8 Å². The molecule has 2 heterocycles. The zero-order valence-electron chi connectivity index (χ0n) is 18.8. The topological polar surface area (TPSA) is 73.5 Å². The summed E-state index contributed by atoms with van der Waals surface area (Å²) in [5.74, 6) is 0.376. The van der Waals surface area contributed by atoms with Crippen LogP contribution in [0.5, 0.6) is 0 Å². The molecule has 2 aromatic carbocycles. The number of benzene rings is 2. The Labute approximate surface area is 194 Å². The van der Waals surface area contributed by atoms with Crippen LogP contribution < -0.4 is 26.8 Å². The Bertz CT molecular complexity index is 1300. The quantitative estimate of drug-likeness (QED) is 0.591. The Morgan fingerprint density at radius 2 is 1.85 bits per heavy atom. The van der Waals surface area contributed by atoms with Crippen LogP contribution in [-0.2, 0) is 0 Å². The van der Waals surface area contributed by atoms with E-state index in [1.165, 1.54) is 21.6 Å². The van der Waals surface area contributed by atoms with Gasteiger partial charge in [0.15, 0.2) is 0 Å². The molecule has 4 aliphatic rings.